The molecule has 2 amide bonds. The molecule has 0 bridgehead atoms. The Morgan fingerprint density at radius 1 is 1.17 bits per heavy atom. The summed E-state index contributed by atoms with van der Waals surface area (Å²) in [4.78, 5) is 25.1. The highest BCUT2D eigenvalue weighted by Gasteiger charge is 2.20. The number of amides is 2. The molecule has 0 spiro atoms. The molecule has 24 heavy (non-hydrogen) atoms. The minimum atomic E-state index is -0.348. The zero-order valence-electron chi connectivity index (χ0n) is 13.2. The van der Waals surface area contributed by atoms with Crippen molar-refractivity contribution in [3.63, 3.8) is 0 Å². The Balaban J connectivity index is 1.88. The first-order valence-electron chi connectivity index (χ1n) is 7.21. The molecule has 7 heteroatoms. The molecule has 124 valence electrons. The van der Waals surface area contributed by atoms with Gasteiger partial charge in [-0.25, -0.2) is 0 Å². The zero-order valence-corrected chi connectivity index (χ0v) is 14.0. The first-order chi connectivity index (χ1) is 11.6. The van der Waals surface area contributed by atoms with Gasteiger partial charge in [-0.2, -0.15) is 0 Å². The second-order valence-electron chi connectivity index (χ2n) is 5.04. The average Bonchev–Trinajstić information content (AvgIpc) is 2.60. The number of carbonyl (C=O) groups excluding carboxylic acids is 2. The van der Waals surface area contributed by atoms with Crippen LogP contribution in [0.5, 0.6) is 11.5 Å². The number of hydrogen-bond donors (Lipinski definition) is 2. The minimum absolute atomic E-state index is 0.0534. The van der Waals surface area contributed by atoms with Crippen molar-refractivity contribution in [2.24, 2.45) is 0 Å². The van der Waals surface area contributed by atoms with Crippen molar-refractivity contribution >= 4 is 35.0 Å². The molecule has 0 atom stereocenters. The standard InChI is InChI=1S/C17H16N2O4S/c1-22-12-4-3-5-13(23-2)16(12)17(21)18-10-6-7-14-11(8-10)19-15(20)9-24-14/h3-8H,9H2,1-2H3,(H,18,21)(H,19,20). The van der Waals surface area contributed by atoms with Crippen LogP contribution in [-0.2, 0) is 4.79 Å². The van der Waals surface area contributed by atoms with Crippen LogP contribution in [0.3, 0.4) is 0 Å². The summed E-state index contributed by atoms with van der Waals surface area (Å²) in [6.07, 6.45) is 0. The molecule has 2 aromatic rings. The number of anilines is 2. The SMILES string of the molecule is COc1cccc(OC)c1C(=O)Nc1ccc2c(c1)NC(=O)CS2. The highest BCUT2D eigenvalue weighted by Crippen LogP contribution is 2.34. The van der Waals surface area contributed by atoms with Crippen molar-refractivity contribution in [1.29, 1.82) is 0 Å². The summed E-state index contributed by atoms with van der Waals surface area (Å²) in [7, 11) is 2.99. The van der Waals surface area contributed by atoms with Gasteiger partial charge in [0.05, 0.1) is 25.7 Å². The van der Waals surface area contributed by atoms with Crippen LogP contribution in [-0.4, -0.2) is 31.8 Å². The summed E-state index contributed by atoms with van der Waals surface area (Å²) in [6.45, 7) is 0. The molecule has 1 aliphatic heterocycles. The molecule has 2 aromatic carbocycles. The molecule has 0 radical (unpaired) electrons. The van der Waals surface area contributed by atoms with E-state index in [1.807, 2.05) is 6.07 Å². The highest BCUT2D eigenvalue weighted by molar-refractivity contribution is 8.00. The van der Waals surface area contributed by atoms with Crippen molar-refractivity contribution in [3.8, 4) is 11.5 Å². The van der Waals surface area contributed by atoms with E-state index in [0.29, 0.717) is 34.2 Å². The molecule has 6 nitrogen and oxygen atoms in total. The number of nitrogens with one attached hydrogen (secondary N) is 2. The molecule has 0 aromatic heterocycles. The van der Waals surface area contributed by atoms with Gasteiger partial charge < -0.3 is 20.1 Å². The Morgan fingerprint density at radius 2 is 1.88 bits per heavy atom. The van der Waals surface area contributed by atoms with E-state index in [4.69, 9.17) is 9.47 Å². The number of rotatable bonds is 4. The topological polar surface area (TPSA) is 76.7 Å². The van der Waals surface area contributed by atoms with E-state index in [0.717, 1.165) is 4.90 Å². The smallest absolute Gasteiger partial charge is 0.263 e. The van der Waals surface area contributed by atoms with Gasteiger partial charge in [-0.1, -0.05) is 6.07 Å². The molecule has 1 heterocycles. The predicted octanol–water partition coefficient (Wildman–Crippen LogP) is 3.00. The molecule has 3 rings (SSSR count). The van der Waals surface area contributed by atoms with Crippen LogP contribution in [0.4, 0.5) is 11.4 Å². The van der Waals surface area contributed by atoms with E-state index < -0.39 is 0 Å². The van der Waals surface area contributed by atoms with E-state index in [1.165, 1.54) is 26.0 Å². The molecule has 0 unspecified atom stereocenters. The normalized spacial score (nSPS) is 12.8. The van der Waals surface area contributed by atoms with E-state index >= 15 is 0 Å². The first-order valence-corrected chi connectivity index (χ1v) is 8.20. The lowest BCUT2D eigenvalue weighted by molar-refractivity contribution is -0.113. The van der Waals surface area contributed by atoms with Gasteiger partial charge in [0.2, 0.25) is 5.91 Å². The first kappa shape index (κ1) is 16.2. The third-order valence-electron chi connectivity index (χ3n) is 3.53. The van der Waals surface area contributed by atoms with E-state index in [9.17, 15) is 9.59 Å². The monoisotopic (exact) mass is 344 g/mol. The maximum absolute atomic E-state index is 12.6. The number of hydrogen-bond acceptors (Lipinski definition) is 5. The van der Waals surface area contributed by atoms with Crippen LogP contribution in [0.2, 0.25) is 0 Å². The lowest BCUT2D eigenvalue weighted by atomic mass is 10.1. The lowest BCUT2D eigenvalue weighted by Crippen LogP contribution is -2.19. The van der Waals surface area contributed by atoms with Crippen LogP contribution in [0.15, 0.2) is 41.3 Å². The molecular weight excluding hydrogens is 328 g/mol. The molecule has 2 N–H and O–H groups in total. The second kappa shape index (κ2) is 6.84. The van der Waals surface area contributed by atoms with Gasteiger partial charge in [-0.05, 0) is 30.3 Å². The molecule has 0 saturated heterocycles. The summed E-state index contributed by atoms with van der Waals surface area (Å²) >= 11 is 1.47. The summed E-state index contributed by atoms with van der Waals surface area (Å²) in [5, 5.41) is 5.61. The van der Waals surface area contributed by atoms with Crippen LogP contribution < -0.4 is 20.1 Å². The van der Waals surface area contributed by atoms with Crippen LogP contribution in [0, 0.1) is 0 Å². The quantitative estimate of drug-likeness (QED) is 0.892. The third-order valence-corrected chi connectivity index (χ3v) is 4.60. The number of fused-ring (bicyclic) bond motifs is 1. The Bertz CT molecular complexity index is 785. The van der Waals surface area contributed by atoms with Gasteiger partial charge in [-0.3, -0.25) is 9.59 Å². The average molecular weight is 344 g/mol. The van der Waals surface area contributed by atoms with Crippen LogP contribution in [0.1, 0.15) is 10.4 Å². The third kappa shape index (κ3) is 3.16. The van der Waals surface area contributed by atoms with Gasteiger partial charge in [-0.15, -0.1) is 11.8 Å². The van der Waals surface area contributed by atoms with Gasteiger partial charge in [0, 0.05) is 10.6 Å². The van der Waals surface area contributed by atoms with Gasteiger partial charge in [0.25, 0.3) is 5.91 Å². The van der Waals surface area contributed by atoms with Gasteiger partial charge in [0.1, 0.15) is 17.1 Å². The molecule has 1 aliphatic rings. The number of benzene rings is 2. The lowest BCUT2D eigenvalue weighted by Gasteiger charge is -2.18. The zero-order chi connectivity index (χ0) is 17.1. The summed E-state index contributed by atoms with van der Waals surface area (Å²) < 4.78 is 10.5. The fourth-order valence-corrected chi connectivity index (χ4v) is 3.22. The maximum Gasteiger partial charge on any atom is 0.263 e. The molecule has 0 fully saturated rings. The Hall–Kier alpha value is -2.67. The molecular formula is C17H16N2O4S. The molecule has 0 aliphatic carbocycles. The van der Waals surface area contributed by atoms with Crippen molar-refractivity contribution in [2.75, 3.05) is 30.6 Å². The van der Waals surface area contributed by atoms with Crippen molar-refractivity contribution < 1.29 is 19.1 Å². The Labute approximate surface area is 143 Å². The molecule has 0 saturated carbocycles. The Morgan fingerprint density at radius 3 is 2.54 bits per heavy atom. The predicted molar refractivity (Wildman–Crippen MR) is 93.3 cm³/mol. The van der Waals surface area contributed by atoms with Crippen LogP contribution >= 0.6 is 11.8 Å². The van der Waals surface area contributed by atoms with Crippen LogP contribution in [0.25, 0.3) is 0 Å². The summed E-state index contributed by atoms with van der Waals surface area (Å²) in [5.41, 5.74) is 1.59. The number of thioether (sulfide) groups is 1. The minimum Gasteiger partial charge on any atom is -0.496 e. The fraction of sp³-hybridized carbons (Fsp3) is 0.176. The second-order valence-corrected chi connectivity index (χ2v) is 6.06. The van der Waals surface area contributed by atoms with E-state index in [1.54, 1.807) is 30.3 Å². The summed E-state index contributed by atoms with van der Waals surface area (Å²) in [6, 6.07) is 10.5. The highest BCUT2D eigenvalue weighted by atomic mass is 32.2. The van der Waals surface area contributed by atoms with Gasteiger partial charge >= 0.3 is 0 Å². The van der Waals surface area contributed by atoms with Gasteiger partial charge in [0.15, 0.2) is 0 Å². The van der Waals surface area contributed by atoms with E-state index in [2.05, 4.69) is 10.6 Å². The van der Waals surface area contributed by atoms with Crippen molar-refractivity contribution in [3.05, 3.63) is 42.0 Å². The Kier molecular flexibility index (Phi) is 4.61. The summed E-state index contributed by atoms with van der Waals surface area (Å²) in [5.74, 6) is 0.848. The van der Waals surface area contributed by atoms with Crippen molar-refractivity contribution in [1.82, 2.24) is 0 Å². The maximum atomic E-state index is 12.6. The van der Waals surface area contributed by atoms with E-state index in [-0.39, 0.29) is 11.8 Å². The fourth-order valence-electron chi connectivity index (χ4n) is 2.43. The number of ether oxygens (including phenoxy) is 2. The van der Waals surface area contributed by atoms with Crippen molar-refractivity contribution in [2.45, 2.75) is 4.90 Å². The largest absolute Gasteiger partial charge is 0.496 e. The number of methoxy groups -OCH3 is 2. The number of carbonyl (C=O) groups is 2.